The van der Waals surface area contributed by atoms with E-state index in [9.17, 15) is 24.8 Å². The number of hydrogen-bond donors (Lipinski definition) is 1. The fourth-order valence-corrected chi connectivity index (χ4v) is 5.23. The minimum Gasteiger partial charge on any atom is -0.502 e. The van der Waals surface area contributed by atoms with Crippen molar-refractivity contribution in [3.05, 3.63) is 45.1 Å². The van der Waals surface area contributed by atoms with Crippen LogP contribution >= 0.6 is 0 Å². The summed E-state index contributed by atoms with van der Waals surface area (Å²) in [6, 6.07) is 4.04. The summed E-state index contributed by atoms with van der Waals surface area (Å²) in [4.78, 5) is 42.0. The molecule has 1 saturated carbocycles. The van der Waals surface area contributed by atoms with Crippen LogP contribution in [-0.2, 0) is 14.3 Å². The van der Waals surface area contributed by atoms with Gasteiger partial charge in [-0.2, -0.15) is 0 Å². The number of phenolic OH excluding ortho intramolecular Hbond substituents is 1. The summed E-state index contributed by atoms with van der Waals surface area (Å²) in [6.45, 7) is 5.75. The first-order valence-corrected chi connectivity index (χ1v) is 11.1. The van der Waals surface area contributed by atoms with Crippen LogP contribution in [0, 0.1) is 21.4 Å². The Labute approximate surface area is 186 Å². The highest BCUT2D eigenvalue weighted by atomic mass is 16.6. The molecule has 0 saturated heterocycles. The molecule has 2 atom stereocenters. The lowest BCUT2D eigenvalue weighted by molar-refractivity contribution is -0.385. The molecule has 0 amide bonds. The smallest absolute Gasteiger partial charge is 0.315 e. The lowest BCUT2D eigenvalue weighted by Gasteiger charge is -2.39. The van der Waals surface area contributed by atoms with Gasteiger partial charge in [0, 0.05) is 35.4 Å². The normalized spacial score (nSPS) is 25.3. The molecule has 4 rings (SSSR count). The van der Waals surface area contributed by atoms with E-state index < -0.39 is 34.2 Å². The van der Waals surface area contributed by atoms with Crippen molar-refractivity contribution in [3.8, 4) is 5.75 Å². The van der Waals surface area contributed by atoms with Crippen molar-refractivity contribution in [1.82, 2.24) is 0 Å². The number of nitro groups is 1. The number of aromatic hydroxyl groups is 1. The molecule has 1 aromatic rings. The molecule has 1 unspecified atom stereocenters. The highest BCUT2D eigenvalue weighted by Gasteiger charge is 2.47. The van der Waals surface area contributed by atoms with Crippen molar-refractivity contribution in [2.45, 2.75) is 71.3 Å². The van der Waals surface area contributed by atoms with E-state index in [1.807, 2.05) is 13.8 Å². The molecule has 2 aliphatic carbocycles. The first kappa shape index (κ1) is 22.2. The number of ketones is 1. The average molecular weight is 440 g/mol. The second-order valence-electron chi connectivity index (χ2n) is 9.86. The Morgan fingerprint density at radius 1 is 1.25 bits per heavy atom. The number of carbonyl (C=O) groups excluding carboxylic acids is 2. The number of allylic oxidation sites excluding steroid dienone is 2. The fraction of sp³-hybridized carbons (Fsp3) is 0.542. The van der Waals surface area contributed by atoms with E-state index in [0.29, 0.717) is 35.4 Å². The van der Waals surface area contributed by atoms with Crippen molar-refractivity contribution in [2.24, 2.45) is 16.3 Å². The van der Waals surface area contributed by atoms with Gasteiger partial charge in [0.05, 0.1) is 4.92 Å². The maximum atomic E-state index is 13.3. The van der Waals surface area contributed by atoms with Gasteiger partial charge in [0.25, 0.3) is 0 Å². The van der Waals surface area contributed by atoms with Crippen LogP contribution in [0.1, 0.15) is 70.8 Å². The Balaban J connectivity index is 1.83. The van der Waals surface area contributed by atoms with Crippen LogP contribution in [0.15, 0.2) is 34.5 Å². The Hall–Kier alpha value is -3.03. The van der Waals surface area contributed by atoms with E-state index in [4.69, 9.17) is 4.74 Å². The van der Waals surface area contributed by atoms with E-state index in [1.165, 1.54) is 12.1 Å². The van der Waals surface area contributed by atoms with Crippen molar-refractivity contribution in [2.75, 3.05) is 0 Å². The summed E-state index contributed by atoms with van der Waals surface area (Å²) in [5, 5.41) is 21.4. The summed E-state index contributed by atoms with van der Waals surface area (Å²) >= 11 is 0. The minimum atomic E-state index is -0.844. The summed E-state index contributed by atoms with van der Waals surface area (Å²) in [5.74, 6) is -2.60. The first-order chi connectivity index (χ1) is 15.1. The third-order valence-corrected chi connectivity index (χ3v) is 6.70. The molecule has 1 aliphatic heterocycles. The van der Waals surface area contributed by atoms with E-state index in [0.717, 1.165) is 25.7 Å². The van der Waals surface area contributed by atoms with Gasteiger partial charge in [-0.1, -0.05) is 19.9 Å². The number of nitrogens with zero attached hydrogens (tertiary/aromatic N) is 2. The third-order valence-electron chi connectivity index (χ3n) is 6.70. The lowest BCUT2D eigenvalue weighted by atomic mass is 9.67. The van der Waals surface area contributed by atoms with E-state index in [-0.39, 0.29) is 17.3 Å². The first-order valence-electron chi connectivity index (χ1n) is 11.1. The van der Waals surface area contributed by atoms with Crippen LogP contribution in [0.25, 0.3) is 0 Å². The van der Waals surface area contributed by atoms with Gasteiger partial charge < -0.3 is 9.84 Å². The molecule has 1 N–H and O–H groups in total. The molecule has 170 valence electrons. The number of phenols is 1. The van der Waals surface area contributed by atoms with Crippen molar-refractivity contribution < 1.29 is 24.4 Å². The van der Waals surface area contributed by atoms with E-state index in [2.05, 4.69) is 4.99 Å². The highest BCUT2D eigenvalue weighted by molar-refractivity contribution is 6.09. The van der Waals surface area contributed by atoms with Gasteiger partial charge >= 0.3 is 11.7 Å². The molecule has 8 nitrogen and oxygen atoms in total. The van der Waals surface area contributed by atoms with Gasteiger partial charge in [0.15, 0.2) is 11.5 Å². The molecule has 1 fully saturated rings. The Morgan fingerprint density at radius 2 is 1.94 bits per heavy atom. The standard InChI is InChI=1S/C24H28N2O6/c1-13-20(23(29)32-15-6-4-5-7-15)21(14-8-9-18(27)17(10-14)26(30)31)22-16(25-13)11-24(2,3)12-19(22)28/h8-10,15,20-21,27H,4-7,11-12H2,1-3H3/t20?,21-/m0/s1. The Kier molecular flexibility index (Phi) is 5.65. The van der Waals surface area contributed by atoms with Gasteiger partial charge in [0.2, 0.25) is 0 Å². The number of hydrogen-bond acceptors (Lipinski definition) is 7. The maximum absolute atomic E-state index is 13.3. The number of ether oxygens (including phenoxy) is 1. The molecule has 1 aromatic carbocycles. The molecule has 0 bridgehead atoms. The number of carbonyl (C=O) groups is 2. The van der Waals surface area contributed by atoms with Crippen LogP contribution in [-0.4, -0.2) is 33.6 Å². The fourth-order valence-electron chi connectivity index (χ4n) is 5.23. The third kappa shape index (κ3) is 4.06. The second kappa shape index (κ2) is 8.15. The SMILES string of the molecule is CC1=NC2=C(C(=O)CC(C)(C)C2)[C@@H](c2ccc(O)c([N+](=O)[O-])c2)C1C(=O)OC1CCCC1. The number of Topliss-reactive ketones (excluding diaryl/α,β-unsaturated/α-hetero) is 1. The van der Waals surface area contributed by atoms with Crippen molar-refractivity contribution in [1.29, 1.82) is 0 Å². The van der Waals surface area contributed by atoms with Gasteiger partial charge in [-0.05, 0) is 56.1 Å². The summed E-state index contributed by atoms with van der Waals surface area (Å²) in [7, 11) is 0. The summed E-state index contributed by atoms with van der Waals surface area (Å²) in [6.07, 6.45) is 4.36. The Bertz CT molecular complexity index is 1050. The molecular weight excluding hydrogens is 412 g/mol. The quantitative estimate of drug-likeness (QED) is 0.415. The number of esters is 1. The van der Waals surface area contributed by atoms with Gasteiger partial charge in [-0.3, -0.25) is 24.7 Å². The summed E-state index contributed by atoms with van der Waals surface area (Å²) in [5.41, 5.74) is 1.31. The average Bonchev–Trinajstić information content (AvgIpc) is 3.19. The van der Waals surface area contributed by atoms with E-state index >= 15 is 0 Å². The van der Waals surface area contributed by atoms with Crippen molar-refractivity contribution >= 4 is 23.2 Å². The molecule has 0 spiro atoms. The lowest BCUT2D eigenvalue weighted by Crippen LogP contribution is -2.40. The molecule has 8 heteroatoms. The van der Waals surface area contributed by atoms with Gasteiger partial charge in [-0.25, -0.2) is 0 Å². The topological polar surface area (TPSA) is 119 Å². The largest absolute Gasteiger partial charge is 0.502 e. The molecule has 3 aliphatic rings. The zero-order valence-corrected chi connectivity index (χ0v) is 18.6. The van der Waals surface area contributed by atoms with Crippen molar-refractivity contribution in [3.63, 3.8) is 0 Å². The zero-order valence-electron chi connectivity index (χ0n) is 18.6. The minimum absolute atomic E-state index is 0.105. The monoisotopic (exact) mass is 440 g/mol. The van der Waals surface area contributed by atoms with Crippen LogP contribution in [0.5, 0.6) is 5.75 Å². The molecular formula is C24H28N2O6. The highest BCUT2D eigenvalue weighted by Crippen LogP contribution is 2.49. The van der Waals surface area contributed by atoms with Crippen LogP contribution in [0.4, 0.5) is 5.69 Å². The van der Waals surface area contributed by atoms with Gasteiger partial charge in [-0.15, -0.1) is 0 Å². The molecule has 32 heavy (non-hydrogen) atoms. The Morgan fingerprint density at radius 3 is 2.59 bits per heavy atom. The molecule has 1 heterocycles. The number of nitro benzene ring substituents is 1. The van der Waals surface area contributed by atoms with Gasteiger partial charge in [0.1, 0.15) is 12.0 Å². The number of aliphatic imine (C=N–C) groups is 1. The zero-order chi connectivity index (χ0) is 23.2. The number of benzene rings is 1. The van der Waals surface area contributed by atoms with Crippen LogP contribution in [0.3, 0.4) is 0 Å². The molecule has 0 aromatic heterocycles. The summed E-state index contributed by atoms with van der Waals surface area (Å²) < 4.78 is 5.79. The predicted octanol–water partition coefficient (Wildman–Crippen LogP) is 4.60. The predicted molar refractivity (Wildman–Crippen MR) is 117 cm³/mol. The second-order valence-corrected chi connectivity index (χ2v) is 9.86. The van der Waals surface area contributed by atoms with E-state index in [1.54, 1.807) is 13.0 Å². The van der Waals surface area contributed by atoms with Crippen LogP contribution < -0.4 is 0 Å². The number of rotatable bonds is 4. The molecule has 0 radical (unpaired) electrons. The maximum Gasteiger partial charge on any atom is 0.315 e. The van der Waals surface area contributed by atoms with Crippen LogP contribution in [0.2, 0.25) is 0 Å².